The van der Waals surface area contributed by atoms with Crippen molar-refractivity contribution in [2.45, 2.75) is 93.7 Å². The van der Waals surface area contributed by atoms with Gasteiger partial charge in [0.05, 0.1) is 32.9 Å². The van der Waals surface area contributed by atoms with Crippen molar-refractivity contribution in [3.8, 4) is 0 Å². The van der Waals surface area contributed by atoms with E-state index in [1.165, 1.54) is 37.7 Å². The van der Waals surface area contributed by atoms with Gasteiger partial charge in [0.2, 0.25) is 5.91 Å². The standard InChI is InChI=1S/C25H29Cl2N3O.C12H14Cl2O/c26-21-11-10-18(16-22(21)27)20-8-4-5-9-23(20)29-14-12-25(13-15-29)24(31)28-17-30(25)19-6-2-1-3-7-19;13-10-6-5-8(7-11(10)14)9-3-1-2-4-12(9)15/h1-3,6-7,10-11,16,20,23H,4-5,8-9,12-15,17H2,(H,28,31);5-7,9,12,15H,1-4H2. The van der Waals surface area contributed by atoms with E-state index >= 15 is 0 Å². The Morgan fingerprint density at radius 3 is 1.87 bits per heavy atom. The Bertz CT molecular complexity index is 1500. The summed E-state index contributed by atoms with van der Waals surface area (Å²) >= 11 is 24.3. The van der Waals surface area contributed by atoms with Gasteiger partial charge in [-0.2, -0.15) is 0 Å². The number of amides is 1. The summed E-state index contributed by atoms with van der Waals surface area (Å²) < 4.78 is 0. The van der Waals surface area contributed by atoms with Crippen LogP contribution < -0.4 is 10.2 Å². The lowest BCUT2D eigenvalue weighted by Crippen LogP contribution is -2.58. The zero-order chi connectivity index (χ0) is 32.3. The number of likely N-dealkylation sites (tertiary alicyclic amines) is 1. The Kier molecular flexibility index (Phi) is 11.1. The Morgan fingerprint density at radius 1 is 0.696 bits per heavy atom. The first-order valence-corrected chi connectivity index (χ1v) is 18.2. The normalized spacial score (nSPS) is 26.4. The van der Waals surface area contributed by atoms with Gasteiger partial charge in [-0.15, -0.1) is 0 Å². The zero-order valence-electron chi connectivity index (χ0n) is 26.1. The van der Waals surface area contributed by atoms with E-state index in [0.717, 1.165) is 56.4 Å². The maximum absolute atomic E-state index is 13.0. The second-order valence-corrected chi connectivity index (χ2v) is 14.9. The molecule has 1 amide bonds. The number of aliphatic hydroxyl groups excluding tert-OH is 1. The molecule has 2 aliphatic carbocycles. The molecule has 4 atom stereocenters. The minimum atomic E-state index is -0.425. The van der Waals surface area contributed by atoms with Crippen LogP contribution in [0.3, 0.4) is 0 Å². The van der Waals surface area contributed by atoms with Gasteiger partial charge < -0.3 is 15.3 Å². The van der Waals surface area contributed by atoms with Gasteiger partial charge in [-0.1, -0.05) is 102 Å². The maximum atomic E-state index is 13.0. The van der Waals surface area contributed by atoms with Crippen molar-refractivity contribution in [3.05, 3.63) is 97.9 Å². The van der Waals surface area contributed by atoms with E-state index < -0.39 is 5.54 Å². The lowest BCUT2D eigenvalue weighted by atomic mass is 9.77. The van der Waals surface area contributed by atoms with Crippen LogP contribution in [0.15, 0.2) is 66.7 Å². The van der Waals surface area contributed by atoms with Gasteiger partial charge in [0.1, 0.15) is 5.54 Å². The first kappa shape index (κ1) is 33.9. The molecule has 2 saturated heterocycles. The Balaban J connectivity index is 0.000000208. The van der Waals surface area contributed by atoms with Crippen LogP contribution in [-0.4, -0.2) is 53.4 Å². The Morgan fingerprint density at radius 2 is 1.26 bits per heavy atom. The number of carbonyl (C=O) groups is 1. The number of aliphatic hydroxyl groups is 1. The van der Waals surface area contributed by atoms with Gasteiger partial charge >= 0.3 is 0 Å². The minimum Gasteiger partial charge on any atom is -0.392 e. The Labute approximate surface area is 293 Å². The highest BCUT2D eigenvalue weighted by Gasteiger charge is 2.51. The highest BCUT2D eigenvalue weighted by Crippen LogP contribution is 2.42. The molecule has 246 valence electrons. The van der Waals surface area contributed by atoms with Crippen molar-refractivity contribution >= 4 is 58.0 Å². The third kappa shape index (κ3) is 7.21. The number of nitrogens with zero attached hydrogens (tertiary/aromatic N) is 2. The fourth-order valence-electron chi connectivity index (χ4n) is 8.18. The summed E-state index contributed by atoms with van der Waals surface area (Å²) in [6.45, 7) is 2.48. The van der Waals surface area contributed by atoms with Crippen molar-refractivity contribution in [1.29, 1.82) is 0 Å². The number of para-hydroxylation sites is 1. The summed E-state index contributed by atoms with van der Waals surface area (Å²) in [5.74, 6) is 0.884. The predicted molar refractivity (Wildman–Crippen MR) is 191 cm³/mol. The van der Waals surface area contributed by atoms with Crippen LogP contribution in [0.2, 0.25) is 20.1 Å². The molecule has 1 spiro atoms. The third-order valence-electron chi connectivity index (χ3n) is 10.7. The molecule has 2 aliphatic heterocycles. The minimum absolute atomic E-state index is 0.181. The third-order valence-corrected chi connectivity index (χ3v) is 12.2. The molecule has 3 aromatic rings. The Hall–Kier alpha value is -1.99. The van der Waals surface area contributed by atoms with Gasteiger partial charge in [-0.05, 0) is 92.0 Å². The monoisotopic (exact) mass is 701 g/mol. The van der Waals surface area contributed by atoms with Crippen LogP contribution in [0.1, 0.15) is 87.2 Å². The molecule has 46 heavy (non-hydrogen) atoms. The number of hydrogen-bond acceptors (Lipinski definition) is 4. The molecule has 2 saturated carbocycles. The van der Waals surface area contributed by atoms with Gasteiger partial charge in [0.25, 0.3) is 0 Å². The van der Waals surface area contributed by atoms with Crippen LogP contribution >= 0.6 is 46.4 Å². The number of carbonyl (C=O) groups excluding carboxylic acids is 1. The number of rotatable bonds is 4. The molecule has 5 nitrogen and oxygen atoms in total. The zero-order valence-corrected chi connectivity index (χ0v) is 29.1. The van der Waals surface area contributed by atoms with Gasteiger partial charge in [0.15, 0.2) is 0 Å². The molecule has 0 bridgehead atoms. The topological polar surface area (TPSA) is 55.8 Å². The number of halogens is 4. The second-order valence-electron chi connectivity index (χ2n) is 13.3. The fraction of sp³-hybridized carbons (Fsp3) is 0.486. The molecule has 0 aromatic heterocycles. The molecular weight excluding hydrogens is 660 g/mol. The molecule has 3 aromatic carbocycles. The molecule has 4 fully saturated rings. The molecule has 9 heteroatoms. The largest absolute Gasteiger partial charge is 0.392 e. The lowest BCUT2D eigenvalue weighted by Gasteiger charge is -2.48. The van der Waals surface area contributed by atoms with E-state index in [4.69, 9.17) is 46.4 Å². The van der Waals surface area contributed by atoms with Crippen molar-refractivity contribution < 1.29 is 9.90 Å². The molecule has 2 heterocycles. The van der Waals surface area contributed by atoms with E-state index in [1.807, 2.05) is 36.4 Å². The summed E-state index contributed by atoms with van der Waals surface area (Å²) in [5.41, 5.74) is 3.10. The van der Waals surface area contributed by atoms with E-state index in [0.29, 0.717) is 38.7 Å². The van der Waals surface area contributed by atoms with Crippen LogP contribution in [-0.2, 0) is 4.79 Å². The molecule has 2 N–H and O–H groups in total. The average Bonchev–Trinajstić information content (AvgIpc) is 3.39. The summed E-state index contributed by atoms with van der Waals surface area (Å²) in [5, 5.41) is 15.4. The second kappa shape index (κ2) is 15.1. The number of nitrogens with one attached hydrogen (secondary N) is 1. The quantitative estimate of drug-likeness (QED) is 0.285. The number of benzene rings is 3. The number of hydrogen-bond donors (Lipinski definition) is 2. The molecule has 4 unspecified atom stereocenters. The molecule has 7 rings (SSSR count). The highest BCUT2D eigenvalue weighted by atomic mass is 35.5. The summed E-state index contributed by atoms with van der Waals surface area (Å²) in [4.78, 5) is 17.9. The summed E-state index contributed by atoms with van der Waals surface area (Å²) in [6.07, 6.45) is 10.6. The predicted octanol–water partition coefficient (Wildman–Crippen LogP) is 9.46. The molecular formula is C37H43Cl4N3O2. The van der Waals surface area contributed by atoms with Crippen molar-refractivity contribution in [3.63, 3.8) is 0 Å². The van der Waals surface area contributed by atoms with Crippen molar-refractivity contribution in [2.75, 3.05) is 24.7 Å². The fourth-order valence-corrected chi connectivity index (χ4v) is 8.79. The average molecular weight is 704 g/mol. The van der Waals surface area contributed by atoms with Gasteiger partial charge in [-0.25, -0.2) is 0 Å². The van der Waals surface area contributed by atoms with E-state index in [1.54, 1.807) is 6.07 Å². The van der Waals surface area contributed by atoms with Crippen molar-refractivity contribution in [2.24, 2.45) is 0 Å². The van der Waals surface area contributed by atoms with Crippen LogP contribution in [0.4, 0.5) is 5.69 Å². The van der Waals surface area contributed by atoms with Crippen molar-refractivity contribution in [1.82, 2.24) is 10.2 Å². The first-order chi connectivity index (χ1) is 22.3. The first-order valence-electron chi connectivity index (χ1n) is 16.7. The van der Waals surface area contributed by atoms with E-state index in [-0.39, 0.29) is 17.9 Å². The van der Waals surface area contributed by atoms with Crippen LogP contribution in [0.5, 0.6) is 0 Å². The maximum Gasteiger partial charge on any atom is 0.247 e. The van der Waals surface area contributed by atoms with Gasteiger partial charge in [-0.3, -0.25) is 9.69 Å². The number of piperidine rings is 1. The summed E-state index contributed by atoms with van der Waals surface area (Å²) in [7, 11) is 0. The summed E-state index contributed by atoms with van der Waals surface area (Å²) in [6, 6.07) is 22.6. The number of anilines is 1. The lowest BCUT2D eigenvalue weighted by molar-refractivity contribution is -0.125. The SMILES string of the molecule is O=C1NCN(c2ccccc2)C12CCN(C1CCCCC1c1ccc(Cl)c(Cl)c1)CC2.OC1CCCCC1c1ccc(Cl)c(Cl)c1. The molecule has 4 aliphatic rings. The van der Waals surface area contributed by atoms with Crippen LogP contribution in [0, 0.1) is 0 Å². The van der Waals surface area contributed by atoms with E-state index in [9.17, 15) is 9.90 Å². The highest BCUT2D eigenvalue weighted by molar-refractivity contribution is 6.42. The van der Waals surface area contributed by atoms with Gasteiger partial charge in [0, 0.05) is 30.7 Å². The smallest absolute Gasteiger partial charge is 0.247 e. The van der Waals surface area contributed by atoms with E-state index in [2.05, 4.69) is 39.4 Å². The molecule has 0 radical (unpaired) electrons. The van der Waals surface area contributed by atoms with Crippen LogP contribution in [0.25, 0.3) is 0 Å².